The lowest BCUT2D eigenvalue weighted by atomic mass is 10.2. The Hall–Kier alpha value is -3.85. The number of halogens is 1. The fourth-order valence-electron chi connectivity index (χ4n) is 3.00. The van der Waals surface area contributed by atoms with Crippen LogP contribution in [0.3, 0.4) is 0 Å². The number of nitrogens with zero attached hydrogens (tertiary/aromatic N) is 3. The van der Waals surface area contributed by atoms with Crippen molar-refractivity contribution in [3.05, 3.63) is 69.9 Å². The second-order valence-corrected chi connectivity index (χ2v) is 7.13. The molecule has 0 saturated heterocycles. The molecule has 0 atom stereocenters. The van der Waals surface area contributed by atoms with Crippen LogP contribution in [0.5, 0.6) is 17.2 Å². The first kappa shape index (κ1) is 21.4. The minimum atomic E-state index is -0.335. The minimum absolute atomic E-state index is 0.198. The van der Waals surface area contributed by atoms with Crippen molar-refractivity contribution in [3.8, 4) is 17.2 Å². The number of nitrogens with one attached hydrogen (secondary N) is 1. The van der Waals surface area contributed by atoms with E-state index in [1.807, 2.05) is 12.1 Å². The van der Waals surface area contributed by atoms with Crippen LogP contribution in [0.4, 0.5) is 0 Å². The Kier molecular flexibility index (Phi) is 6.09. The first-order valence-corrected chi connectivity index (χ1v) is 9.90. The van der Waals surface area contributed by atoms with Gasteiger partial charge >= 0.3 is 0 Å². The van der Waals surface area contributed by atoms with Gasteiger partial charge in [0.2, 0.25) is 11.7 Å². The van der Waals surface area contributed by atoms with Gasteiger partial charge in [-0.1, -0.05) is 28.9 Å². The van der Waals surface area contributed by atoms with Crippen LogP contribution in [0.15, 0.2) is 45.7 Å². The quantitative estimate of drug-likeness (QED) is 0.446. The maximum Gasteiger partial charge on any atom is 0.259 e. The molecule has 10 heteroatoms. The summed E-state index contributed by atoms with van der Waals surface area (Å²) in [5.41, 5.74) is 0.902. The van der Waals surface area contributed by atoms with E-state index in [4.69, 9.17) is 30.3 Å². The van der Waals surface area contributed by atoms with Crippen molar-refractivity contribution in [2.45, 2.75) is 13.5 Å². The molecule has 1 N–H and O–H groups in total. The lowest BCUT2D eigenvalue weighted by Gasteiger charge is -2.09. The summed E-state index contributed by atoms with van der Waals surface area (Å²) in [6.07, 6.45) is 1.69. The number of hydrogen-bond acceptors (Lipinski definition) is 8. The Morgan fingerprint density at radius 1 is 1.12 bits per heavy atom. The number of benzene rings is 2. The number of aromatic nitrogens is 4. The number of aromatic amines is 1. The normalized spacial score (nSPS) is 11.6. The summed E-state index contributed by atoms with van der Waals surface area (Å²) >= 11 is 6.44. The summed E-state index contributed by atoms with van der Waals surface area (Å²) in [5.74, 6) is 2.74. The summed E-state index contributed by atoms with van der Waals surface area (Å²) < 4.78 is 21.1. The van der Waals surface area contributed by atoms with Gasteiger partial charge in [-0.15, -0.1) is 0 Å². The number of H-pyrrole nitrogens is 1. The molecule has 0 aliphatic rings. The molecule has 2 aromatic carbocycles. The van der Waals surface area contributed by atoms with Gasteiger partial charge in [0.15, 0.2) is 23.9 Å². The Labute approximate surface area is 187 Å². The summed E-state index contributed by atoms with van der Waals surface area (Å²) in [4.78, 5) is 23.8. The third-order valence-corrected chi connectivity index (χ3v) is 4.84. The van der Waals surface area contributed by atoms with E-state index in [1.165, 1.54) is 14.2 Å². The van der Waals surface area contributed by atoms with E-state index in [2.05, 4.69) is 20.1 Å². The van der Waals surface area contributed by atoms with Crippen LogP contribution in [0, 0.1) is 6.92 Å². The Bertz CT molecular complexity index is 1340. The lowest BCUT2D eigenvalue weighted by molar-refractivity contribution is 0.285. The molecule has 2 aromatic heterocycles. The third kappa shape index (κ3) is 4.57. The molecule has 2 heterocycles. The second-order valence-electron chi connectivity index (χ2n) is 6.72. The lowest BCUT2D eigenvalue weighted by Crippen LogP contribution is -2.11. The molecule has 32 heavy (non-hydrogen) atoms. The van der Waals surface area contributed by atoms with Crippen LogP contribution in [-0.2, 0) is 6.61 Å². The van der Waals surface area contributed by atoms with Crippen LogP contribution in [-0.4, -0.2) is 34.3 Å². The van der Waals surface area contributed by atoms with Gasteiger partial charge in [0.1, 0.15) is 5.75 Å². The van der Waals surface area contributed by atoms with Gasteiger partial charge in [0.05, 0.1) is 30.2 Å². The first-order valence-electron chi connectivity index (χ1n) is 9.52. The van der Waals surface area contributed by atoms with Gasteiger partial charge in [0, 0.05) is 13.0 Å². The maximum atomic E-state index is 12.5. The van der Waals surface area contributed by atoms with Gasteiger partial charge in [-0.3, -0.25) is 4.79 Å². The summed E-state index contributed by atoms with van der Waals surface area (Å²) in [7, 11) is 3.02. The highest BCUT2D eigenvalue weighted by molar-refractivity contribution is 6.50. The molecule has 0 amide bonds. The van der Waals surface area contributed by atoms with Crippen molar-refractivity contribution in [2.75, 3.05) is 14.2 Å². The summed E-state index contributed by atoms with van der Waals surface area (Å²) in [6.45, 7) is 1.91. The van der Waals surface area contributed by atoms with Crippen molar-refractivity contribution in [1.82, 2.24) is 20.1 Å². The first-order chi connectivity index (χ1) is 15.5. The molecule has 0 spiro atoms. The molecule has 0 unspecified atom stereocenters. The molecule has 0 bridgehead atoms. The van der Waals surface area contributed by atoms with E-state index in [9.17, 15) is 4.79 Å². The molecule has 0 radical (unpaired) electrons. The van der Waals surface area contributed by atoms with Crippen LogP contribution < -0.4 is 19.8 Å². The Morgan fingerprint density at radius 2 is 1.84 bits per heavy atom. The van der Waals surface area contributed by atoms with Crippen LogP contribution in [0.25, 0.3) is 22.0 Å². The van der Waals surface area contributed by atoms with E-state index < -0.39 is 0 Å². The fraction of sp³-hybridized carbons (Fsp3) is 0.182. The molecule has 0 aliphatic carbocycles. The molecule has 9 nitrogen and oxygen atoms in total. The molecular weight excluding hydrogens is 436 g/mol. The minimum Gasteiger partial charge on any atom is -0.493 e. The summed E-state index contributed by atoms with van der Waals surface area (Å²) in [5, 5.41) is 4.42. The number of methoxy groups -OCH3 is 2. The van der Waals surface area contributed by atoms with Gasteiger partial charge in [-0.05, 0) is 29.8 Å². The highest BCUT2D eigenvalue weighted by Crippen LogP contribution is 2.30. The van der Waals surface area contributed by atoms with Crippen molar-refractivity contribution < 1.29 is 18.7 Å². The van der Waals surface area contributed by atoms with Gasteiger partial charge in [-0.2, -0.15) is 4.98 Å². The van der Waals surface area contributed by atoms with Crippen LogP contribution in [0.1, 0.15) is 23.1 Å². The largest absolute Gasteiger partial charge is 0.493 e. The average Bonchev–Trinajstić information content (AvgIpc) is 3.22. The molecule has 0 aliphatic heterocycles. The van der Waals surface area contributed by atoms with Gasteiger partial charge in [-0.25, -0.2) is 4.98 Å². The van der Waals surface area contributed by atoms with Crippen molar-refractivity contribution in [1.29, 1.82) is 0 Å². The Balaban J connectivity index is 1.55. The predicted octanol–water partition coefficient (Wildman–Crippen LogP) is 3.95. The maximum absolute atomic E-state index is 12.5. The van der Waals surface area contributed by atoms with E-state index in [1.54, 1.807) is 37.3 Å². The standard InChI is InChI=1S/C22H19ClN4O5/c1-12-24-20(27-32-12)11-31-14-6-4-13(5-7-14)8-16(23)21-25-17-10-19(30-3)18(29-2)9-15(17)22(28)26-21/h4-10H,11H2,1-3H3,(H,25,26,28)/b16-8-. The third-order valence-electron chi connectivity index (χ3n) is 4.55. The van der Waals surface area contributed by atoms with Crippen molar-refractivity contribution in [2.24, 2.45) is 0 Å². The Morgan fingerprint density at radius 3 is 2.50 bits per heavy atom. The van der Waals surface area contributed by atoms with Crippen LogP contribution >= 0.6 is 11.6 Å². The molecule has 0 saturated carbocycles. The highest BCUT2D eigenvalue weighted by atomic mass is 35.5. The molecule has 4 rings (SSSR count). The molecular formula is C22H19ClN4O5. The van der Waals surface area contributed by atoms with Gasteiger partial charge < -0.3 is 23.7 Å². The number of ether oxygens (including phenoxy) is 3. The van der Waals surface area contributed by atoms with E-state index in [0.29, 0.717) is 39.9 Å². The molecule has 0 fully saturated rings. The SMILES string of the molecule is COc1cc2nc(/C(Cl)=C/c3ccc(OCc4noc(C)n4)cc3)[nH]c(=O)c2cc1OC. The zero-order valence-electron chi connectivity index (χ0n) is 17.5. The highest BCUT2D eigenvalue weighted by Gasteiger charge is 2.12. The average molecular weight is 455 g/mol. The molecule has 164 valence electrons. The monoisotopic (exact) mass is 454 g/mol. The predicted molar refractivity (Wildman–Crippen MR) is 119 cm³/mol. The number of fused-ring (bicyclic) bond motifs is 1. The number of aryl methyl sites for hydroxylation is 1. The number of rotatable bonds is 7. The fourth-order valence-corrected chi connectivity index (χ4v) is 3.22. The molecule has 4 aromatic rings. The van der Waals surface area contributed by atoms with E-state index in [-0.39, 0.29) is 23.0 Å². The van der Waals surface area contributed by atoms with Crippen molar-refractivity contribution >= 4 is 33.6 Å². The zero-order chi connectivity index (χ0) is 22.7. The van der Waals surface area contributed by atoms with E-state index in [0.717, 1.165) is 5.56 Å². The number of hydrogen-bond donors (Lipinski definition) is 1. The smallest absolute Gasteiger partial charge is 0.259 e. The summed E-state index contributed by atoms with van der Waals surface area (Å²) in [6, 6.07) is 10.4. The topological polar surface area (TPSA) is 112 Å². The van der Waals surface area contributed by atoms with Crippen molar-refractivity contribution in [3.63, 3.8) is 0 Å². The zero-order valence-corrected chi connectivity index (χ0v) is 18.3. The van der Waals surface area contributed by atoms with E-state index >= 15 is 0 Å². The van der Waals surface area contributed by atoms with Gasteiger partial charge in [0.25, 0.3) is 5.56 Å². The second kappa shape index (κ2) is 9.11. The van der Waals surface area contributed by atoms with Crippen LogP contribution in [0.2, 0.25) is 0 Å².